The second-order valence-corrected chi connectivity index (χ2v) is 6.26. The summed E-state index contributed by atoms with van der Waals surface area (Å²) in [4.78, 5) is 4.42. The van der Waals surface area contributed by atoms with E-state index in [1.165, 1.54) is 0 Å². The van der Waals surface area contributed by atoms with Crippen LogP contribution >= 0.6 is 0 Å². The van der Waals surface area contributed by atoms with Gasteiger partial charge >= 0.3 is 0 Å². The van der Waals surface area contributed by atoms with Crippen LogP contribution < -0.4 is 4.74 Å². The number of hydrogen-bond acceptors (Lipinski definition) is 4. The average Bonchev–Trinajstić information content (AvgIpc) is 2.71. The summed E-state index contributed by atoms with van der Waals surface area (Å²) >= 11 is -1.49. The highest BCUT2D eigenvalue weighted by atomic mass is 32.2. The standard InChI is InChI=1S/C13H17NO3S/c1-13(2,3)12-14-11(18(15)17-12)9-5-7-10(16-4)8-6-9/h5-8,12H,1-4H3. The van der Waals surface area contributed by atoms with Gasteiger partial charge in [-0.1, -0.05) is 20.8 Å². The van der Waals surface area contributed by atoms with Crippen LogP contribution in [-0.2, 0) is 15.3 Å². The van der Waals surface area contributed by atoms with Gasteiger partial charge in [0, 0.05) is 11.0 Å². The monoisotopic (exact) mass is 267 g/mol. The number of ether oxygens (including phenoxy) is 1. The van der Waals surface area contributed by atoms with Gasteiger partial charge in [-0.05, 0) is 24.3 Å². The molecular weight excluding hydrogens is 250 g/mol. The van der Waals surface area contributed by atoms with Gasteiger partial charge in [-0.3, -0.25) is 4.18 Å². The summed E-state index contributed by atoms with van der Waals surface area (Å²) in [5.41, 5.74) is 0.644. The van der Waals surface area contributed by atoms with Crippen LogP contribution in [0, 0.1) is 5.41 Å². The van der Waals surface area contributed by atoms with Gasteiger partial charge in [0.2, 0.25) is 11.1 Å². The molecule has 5 heteroatoms. The molecule has 0 fully saturated rings. The molecule has 1 aromatic rings. The van der Waals surface area contributed by atoms with Crippen LogP contribution in [0.5, 0.6) is 5.75 Å². The van der Waals surface area contributed by atoms with Crippen molar-refractivity contribution < 1.29 is 13.1 Å². The Morgan fingerprint density at radius 1 is 1.28 bits per heavy atom. The second kappa shape index (κ2) is 4.82. The first-order chi connectivity index (χ1) is 8.41. The Bertz CT molecular complexity index is 488. The topological polar surface area (TPSA) is 47.9 Å². The first kappa shape index (κ1) is 13.2. The largest absolute Gasteiger partial charge is 0.497 e. The first-order valence-corrected chi connectivity index (χ1v) is 6.80. The Balaban J connectivity index is 2.29. The summed E-state index contributed by atoms with van der Waals surface area (Å²) in [7, 11) is 1.61. The van der Waals surface area contributed by atoms with E-state index >= 15 is 0 Å². The number of nitrogens with zero attached hydrogens (tertiary/aromatic N) is 1. The van der Waals surface area contributed by atoms with Crippen molar-refractivity contribution in [3.05, 3.63) is 29.8 Å². The van der Waals surface area contributed by atoms with Crippen LogP contribution in [0.15, 0.2) is 29.3 Å². The summed E-state index contributed by atoms with van der Waals surface area (Å²) in [6.45, 7) is 6.03. The number of benzene rings is 1. The maximum Gasteiger partial charge on any atom is 0.210 e. The minimum absolute atomic E-state index is 0.163. The fraction of sp³-hybridized carbons (Fsp3) is 0.462. The molecule has 0 radical (unpaired) electrons. The van der Waals surface area contributed by atoms with Gasteiger partial charge in [-0.25, -0.2) is 9.20 Å². The number of hydrogen-bond donors (Lipinski definition) is 0. The lowest BCUT2D eigenvalue weighted by Gasteiger charge is -2.21. The van der Waals surface area contributed by atoms with Crippen LogP contribution in [0.25, 0.3) is 0 Å². The number of aliphatic imine (C=N–C) groups is 1. The Labute approximate surface area is 110 Å². The minimum atomic E-state index is -1.49. The van der Waals surface area contributed by atoms with Gasteiger partial charge < -0.3 is 4.74 Å². The zero-order valence-electron chi connectivity index (χ0n) is 11.0. The quantitative estimate of drug-likeness (QED) is 0.827. The third-order valence-electron chi connectivity index (χ3n) is 2.65. The van der Waals surface area contributed by atoms with Crippen LogP contribution in [-0.4, -0.2) is 22.6 Å². The lowest BCUT2D eigenvalue weighted by atomic mass is 9.95. The summed E-state index contributed by atoms with van der Waals surface area (Å²) in [6, 6.07) is 7.31. The smallest absolute Gasteiger partial charge is 0.210 e. The van der Waals surface area contributed by atoms with Gasteiger partial charge in [0.1, 0.15) is 5.75 Å². The van der Waals surface area contributed by atoms with Crippen molar-refractivity contribution in [2.24, 2.45) is 10.4 Å². The first-order valence-electron chi connectivity index (χ1n) is 5.73. The van der Waals surface area contributed by atoms with Gasteiger partial charge in [0.05, 0.1) is 7.11 Å². The summed E-state index contributed by atoms with van der Waals surface area (Å²) in [5, 5.41) is 0.498. The van der Waals surface area contributed by atoms with E-state index in [9.17, 15) is 4.21 Å². The third kappa shape index (κ3) is 2.62. The Hall–Kier alpha value is -1.20. The zero-order chi connectivity index (χ0) is 13.3. The lowest BCUT2D eigenvalue weighted by Crippen LogP contribution is -2.24. The van der Waals surface area contributed by atoms with Gasteiger partial charge in [-0.2, -0.15) is 0 Å². The van der Waals surface area contributed by atoms with E-state index in [1.807, 2.05) is 45.0 Å². The van der Waals surface area contributed by atoms with Crippen molar-refractivity contribution in [1.82, 2.24) is 0 Å². The van der Waals surface area contributed by atoms with Crippen molar-refractivity contribution in [2.75, 3.05) is 7.11 Å². The van der Waals surface area contributed by atoms with Crippen molar-refractivity contribution in [3.63, 3.8) is 0 Å². The lowest BCUT2D eigenvalue weighted by molar-refractivity contribution is 0.119. The molecule has 0 saturated carbocycles. The molecule has 0 spiro atoms. The van der Waals surface area contributed by atoms with Crippen LogP contribution in [0.4, 0.5) is 0 Å². The molecule has 0 saturated heterocycles. The molecule has 1 aliphatic heterocycles. The van der Waals surface area contributed by atoms with Crippen molar-refractivity contribution in [1.29, 1.82) is 0 Å². The van der Waals surface area contributed by atoms with E-state index in [1.54, 1.807) is 7.11 Å². The van der Waals surface area contributed by atoms with E-state index in [-0.39, 0.29) is 11.6 Å². The molecule has 2 atom stereocenters. The van der Waals surface area contributed by atoms with Crippen molar-refractivity contribution >= 4 is 16.1 Å². The van der Waals surface area contributed by atoms with Crippen molar-refractivity contribution in [3.8, 4) is 5.75 Å². The van der Waals surface area contributed by atoms with Crippen LogP contribution in [0.1, 0.15) is 26.3 Å². The molecule has 0 N–H and O–H groups in total. The summed E-state index contributed by atoms with van der Waals surface area (Å²) in [6.07, 6.45) is -0.365. The molecule has 0 aromatic heterocycles. The molecule has 4 nitrogen and oxygen atoms in total. The highest BCUT2D eigenvalue weighted by Crippen LogP contribution is 2.30. The molecule has 98 valence electrons. The number of rotatable bonds is 2. The zero-order valence-corrected chi connectivity index (χ0v) is 11.8. The SMILES string of the molecule is COc1ccc(C2=NC(C(C)(C)C)OS2=O)cc1. The van der Waals surface area contributed by atoms with Crippen molar-refractivity contribution in [2.45, 2.75) is 27.0 Å². The molecule has 18 heavy (non-hydrogen) atoms. The van der Waals surface area contributed by atoms with E-state index in [4.69, 9.17) is 8.92 Å². The normalized spacial score (nSPS) is 23.9. The molecular formula is C13H17NO3S. The Morgan fingerprint density at radius 3 is 2.33 bits per heavy atom. The maximum absolute atomic E-state index is 11.9. The van der Waals surface area contributed by atoms with Gasteiger partial charge in [0.15, 0.2) is 11.3 Å². The molecule has 2 rings (SSSR count). The maximum atomic E-state index is 11.9. The molecule has 0 amide bonds. The summed E-state index contributed by atoms with van der Waals surface area (Å²) in [5.74, 6) is 0.761. The fourth-order valence-corrected chi connectivity index (χ4v) is 2.64. The average molecular weight is 267 g/mol. The van der Waals surface area contributed by atoms with E-state index in [0.29, 0.717) is 5.04 Å². The molecule has 1 aliphatic rings. The molecule has 0 aliphatic carbocycles. The predicted molar refractivity (Wildman–Crippen MR) is 72.0 cm³/mol. The highest BCUT2D eigenvalue weighted by Gasteiger charge is 2.35. The highest BCUT2D eigenvalue weighted by molar-refractivity contribution is 7.97. The van der Waals surface area contributed by atoms with Gasteiger partial charge in [0.25, 0.3) is 0 Å². The minimum Gasteiger partial charge on any atom is -0.497 e. The molecule has 1 aromatic carbocycles. The molecule has 2 unspecified atom stereocenters. The summed E-state index contributed by atoms with van der Waals surface area (Å²) < 4.78 is 22.4. The van der Waals surface area contributed by atoms with Crippen LogP contribution in [0.2, 0.25) is 0 Å². The molecule has 0 bridgehead atoms. The fourth-order valence-electron chi connectivity index (χ4n) is 1.54. The Morgan fingerprint density at radius 2 is 1.89 bits per heavy atom. The Kier molecular flexibility index (Phi) is 3.54. The van der Waals surface area contributed by atoms with E-state index < -0.39 is 11.1 Å². The van der Waals surface area contributed by atoms with E-state index in [2.05, 4.69) is 4.99 Å². The molecule has 1 heterocycles. The predicted octanol–water partition coefficient (Wildman–Crippen LogP) is 2.51. The number of methoxy groups -OCH3 is 1. The van der Waals surface area contributed by atoms with Crippen LogP contribution in [0.3, 0.4) is 0 Å². The second-order valence-electron chi connectivity index (χ2n) is 5.21. The van der Waals surface area contributed by atoms with E-state index in [0.717, 1.165) is 11.3 Å². The van der Waals surface area contributed by atoms with Gasteiger partial charge in [-0.15, -0.1) is 0 Å². The third-order valence-corrected chi connectivity index (χ3v) is 3.66.